The van der Waals surface area contributed by atoms with E-state index in [2.05, 4.69) is 10.3 Å². The first-order valence-electron chi connectivity index (χ1n) is 6.10. The number of anilines is 1. The van der Waals surface area contributed by atoms with Crippen LogP contribution in [0.3, 0.4) is 0 Å². The second-order valence-corrected chi connectivity index (χ2v) is 4.28. The molecule has 1 aromatic carbocycles. The Labute approximate surface area is 112 Å². The van der Waals surface area contributed by atoms with Crippen LogP contribution in [0, 0.1) is 6.92 Å². The first kappa shape index (κ1) is 13.1. The van der Waals surface area contributed by atoms with Crippen LogP contribution in [0.5, 0.6) is 5.75 Å². The Hall–Kier alpha value is -2.36. The highest BCUT2D eigenvalue weighted by atomic mass is 16.5. The van der Waals surface area contributed by atoms with Gasteiger partial charge < -0.3 is 10.1 Å². The van der Waals surface area contributed by atoms with Crippen LogP contribution in [0.4, 0.5) is 5.82 Å². The smallest absolute Gasteiger partial charge is 0.266 e. The van der Waals surface area contributed by atoms with Crippen molar-refractivity contribution in [3.63, 3.8) is 0 Å². The van der Waals surface area contributed by atoms with Gasteiger partial charge in [0, 0.05) is 6.20 Å². The predicted molar refractivity (Wildman–Crippen MR) is 74.1 cm³/mol. The van der Waals surface area contributed by atoms with E-state index in [0.717, 1.165) is 5.56 Å². The van der Waals surface area contributed by atoms with E-state index in [9.17, 15) is 4.79 Å². The number of nitrogens with zero attached hydrogens (tertiary/aromatic N) is 1. The first-order valence-corrected chi connectivity index (χ1v) is 6.10. The van der Waals surface area contributed by atoms with Crippen LogP contribution in [0.15, 0.2) is 48.7 Å². The molecule has 2 rings (SSSR count). The summed E-state index contributed by atoms with van der Waals surface area (Å²) in [6.07, 6.45) is 1.13. The van der Waals surface area contributed by atoms with E-state index in [1.807, 2.05) is 43.3 Å². The van der Waals surface area contributed by atoms with Gasteiger partial charge >= 0.3 is 0 Å². The van der Waals surface area contributed by atoms with Crippen molar-refractivity contribution >= 4 is 11.7 Å². The van der Waals surface area contributed by atoms with Gasteiger partial charge in [-0.05, 0) is 37.6 Å². The molecule has 0 bridgehead atoms. The van der Waals surface area contributed by atoms with Gasteiger partial charge in [0.2, 0.25) is 0 Å². The Bertz CT molecular complexity index is 538. The molecule has 4 nitrogen and oxygen atoms in total. The standard InChI is InChI=1S/C15H16N2O2/c1-11-8-9-14(16-10-11)17-15(18)12(2)19-13-6-4-3-5-7-13/h3-10,12H,1-2H3,(H,16,17,18)/t12-/m1/s1. The Balaban J connectivity index is 1.94. The molecule has 1 atom stereocenters. The number of aromatic nitrogens is 1. The zero-order chi connectivity index (χ0) is 13.7. The maximum Gasteiger partial charge on any atom is 0.266 e. The Morgan fingerprint density at radius 3 is 2.58 bits per heavy atom. The average Bonchev–Trinajstić information content (AvgIpc) is 2.42. The number of pyridine rings is 1. The monoisotopic (exact) mass is 256 g/mol. The van der Waals surface area contributed by atoms with Gasteiger partial charge in [-0.15, -0.1) is 0 Å². The van der Waals surface area contributed by atoms with E-state index < -0.39 is 6.10 Å². The quantitative estimate of drug-likeness (QED) is 0.915. The van der Waals surface area contributed by atoms with Crippen LogP contribution in [0.1, 0.15) is 12.5 Å². The van der Waals surface area contributed by atoms with Crippen LogP contribution in [0.2, 0.25) is 0 Å². The summed E-state index contributed by atoms with van der Waals surface area (Å²) in [6.45, 7) is 3.65. The van der Waals surface area contributed by atoms with E-state index in [4.69, 9.17) is 4.74 Å². The van der Waals surface area contributed by atoms with Gasteiger partial charge in [-0.2, -0.15) is 0 Å². The maximum atomic E-state index is 11.9. The van der Waals surface area contributed by atoms with Gasteiger partial charge in [-0.3, -0.25) is 4.79 Å². The van der Waals surface area contributed by atoms with Gasteiger partial charge in [-0.25, -0.2) is 4.98 Å². The molecule has 1 aromatic heterocycles. The number of nitrogens with one attached hydrogen (secondary N) is 1. The molecule has 0 saturated carbocycles. The normalized spacial score (nSPS) is 11.7. The van der Waals surface area contributed by atoms with Crippen LogP contribution in [0.25, 0.3) is 0 Å². The minimum Gasteiger partial charge on any atom is -0.481 e. The highest BCUT2D eigenvalue weighted by Gasteiger charge is 2.14. The minimum atomic E-state index is -0.578. The van der Waals surface area contributed by atoms with Crippen molar-refractivity contribution < 1.29 is 9.53 Å². The van der Waals surface area contributed by atoms with Crippen LogP contribution in [-0.4, -0.2) is 17.0 Å². The summed E-state index contributed by atoms with van der Waals surface area (Å²) in [5.41, 5.74) is 1.05. The summed E-state index contributed by atoms with van der Waals surface area (Å²) in [7, 11) is 0. The summed E-state index contributed by atoms with van der Waals surface area (Å²) in [4.78, 5) is 16.0. The Morgan fingerprint density at radius 2 is 1.95 bits per heavy atom. The van der Waals surface area contributed by atoms with Crippen LogP contribution >= 0.6 is 0 Å². The minimum absolute atomic E-state index is 0.222. The fourth-order valence-electron chi connectivity index (χ4n) is 1.53. The van der Waals surface area contributed by atoms with E-state index in [0.29, 0.717) is 11.6 Å². The molecule has 0 spiro atoms. The largest absolute Gasteiger partial charge is 0.481 e. The number of hydrogen-bond acceptors (Lipinski definition) is 3. The Kier molecular flexibility index (Phi) is 4.13. The topological polar surface area (TPSA) is 51.2 Å². The molecule has 1 N–H and O–H groups in total. The lowest BCUT2D eigenvalue weighted by Crippen LogP contribution is -2.30. The van der Waals surface area contributed by atoms with Crippen molar-refractivity contribution in [1.29, 1.82) is 0 Å². The molecule has 0 aliphatic rings. The fourth-order valence-corrected chi connectivity index (χ4v) is 1.53. The van der Waals surface area contributed by atoms with E-state index in [1.54, 1.807) is 19.2 Å². The summed E-state index contributed by atoms with van der Waals surface area (Å²) >= 11 is 0. The zero-order valence-corrected chi connectivity index (χ0v) is 11.0. The van der Waals surface area contributed by atoms with Gasteiger partial charge in [0.1, 0.15) is 11.6 Å². The molecular formula is C15H16N2O2. The second kappa shape index (κ2) is 6.00. The van der Waals surface area contributed by atoms with Crippen molar-refractivity contribution in [3.8, 4) is 5.75 Å². The van der Waals surface area contributed by atoms with Gasteiger partial charge in [0.15, 0.2) is 6.10 Å². The average molecular weight is 256 g/mol. The van der Waals surface area contributed by atoms with Gasteiger partial charge in [-0.1, -0.05) is 24.3 Å². The summed E-state index contributed by atoms with van der Waals surface area (Å²) in [5.74, 6) is 0.973. The lowest BCUT2D eigenvalue weighted by atomic mass is 10.3. The molecule has 0 radical (unpaired) electrons. The number of aryl methyl sites for hydroxylation is 1. The molecule has 2 aromatic rings. The van der Waals surface area contributed by atoms with Gasteiger partial charge in [0.05, 0.1) is 0 Å². The summed E-state index contributed by atoms with van der Waals surface area (Å²) in [5, 5.41) is 2.71. The molecule has 0 fully saturated rings. The predicted octanol–water partition coefficient (Wildman–Crippen LogP) is 2.80. The molecule has 98 valence electrons. The molecular weight excluding hydrogens is 240 g/mol. The van der Waals surface area contributed by atoms with E-state index in [-0.39, 0.29) is 5.91 Å². The lowest BCUT2D eigenvalue weighted by molar-refractivity contribution is -0.122. The van der Waals surface area contributed by atoms with E-state index >= 15 is 0 Å². The van der Waals surface area contributed by atoms with Crippen molar-refractivity contribution in [3.05, 3.63) is 54.2 Å². The number of hydrogen-bond donors (Lipinski definition) is 1. The third-order valence-corrected chi connectivity index (χ3v) is 2.59. The van der Waals surface area contributed by atoms with Crippen LogP contribution < -0.4 is 10.1 Å². The van der Waals surface area contributed by atoms with Crippen molar-refractivity contribution in [2.24, 2.45) is 0 Å². The molecule has 1 amide bonds. The number of amides is 1. The molecule has 4 heteroatoms. The molecule has 0 saturated heterocycles. The summed E-state index contributed by atoms with van der Waals surface area (Å²) in [6, 6.07) is 12.9. The number of ether oxygens (including phenoxy) is 1. The Morgan fingerprint density at radius 1 is 1.21 bits per heavy atom. The SMILES string of the molecule is Cc1ccc(NC(=O)[C@@H](C)Oc2ccccc2)nc1. The van der Waals surface area contributed by atoms with E-state index in [1.165, 1.54) is 0 Å². The zero-order valence-electron chi connectivity index (χ0n) is 11.0. The third-order valence-electron chi connectivity index (χ3n) is 2.59. The highest BCUT2D eigenvalue weighted by molar-refractivity contribution is 5.93. The first-order chi connectivity index (χ1) is 9.15. The molecule has 0 aliphatic carbocycles. The maximum absolute atomic E-state index is 11.9. The lowest BCUT2D eigenvalue weighted by Gasteiger charge is -2.14. The van der Waals surface area contributed by atoms with Gasteiger partial charge in [0.25, 0.3) is 5.91 Å². The third kappa shape index (κ3) is 3.81. The molecule has 0 aliphatic heterocycles. The van der Waals surface area contributed by atoms with Crippen molar-refractivity contribution in [1.82, 2.24) is 4.98 Å². The number of carbonyl (C=O) groups is 1. The molecule has 19 heavy (non-hydrogen) atoms. The number of benzene rings is 1. The number of para-hydroxylation sites is 1. The van der Waals surface area contributed by atoms with Crippen molar-refractivity contribution in [2.45, 2.75) is 20.0 Å². The van der Waals surface area contributed by atoms with Crippen molar-refractivity contribution in [2.75, 3.05) is 5.32 Å². The number of carbonyl (C=O) groups excluding carboxylic acids is 1. The number of rotatable bonds is 4. The fraction of sp³-hybridized carbons (Fsp3) is 0.200. The van der Waals surface area contributed by atoms with Crippen LogP contribution in [-0.2, 0) is 4.79 Å². The summed E-state index contributed by atoms with van der Waals surface area (Å²) < 4.78 is 5.53. The molecule has 0 unspecified atom stereocenters. The highest BCUT2D eigenvalue weighted by Crippen LogP contribution is 2.12. The second-order valence-electron chi connectivity index (χ2n) is 4.28. The molecule has 1 heterocycles.